The van der Waals surface area contributed by atoms with Crippen molar-refractivity contribution >= 4 is 11.9 Å². The van der Waals surface area contributed by atoms with Crippen molar-refractivity contribution in [1.29, 1.82) is 0 Å². The molecule has 0 unspecified atom stereocenters. The SMILES string of the molecule is CCCCCCCCCCCOC(=O)CCCCCN(CCCCCCCC(=O)OC(CCCCCCCC)CCCCCCCC)CCn1cc(CNC)nn1. The molecule has 1 aromatic rings. The maximum absolute atomic E-state index is 12.8. The van der Waals surface area contributed by atoms with Crippen LogP contribution in [-0.4, -0.2) is 71.2 Å². The van der Waals surface area contributed by atoms with Crippen molar-refractivity contribution in [2.24, 2.45) is 0 Å². The Balaban J connectivity index is 2.33. The van der Waals surface area contributed by atoms with Gasteiger partial charge >= 0.3 is 11.9 Å². The third-order valence-electron chi connectivity index (χ3n) is 11.4. The van der Waals surface area contributed by atoms with Crippen LogP contribution in [0.2, 0.25) is 0 Å². The second-order valence-electron chi connectivity index (χ2n) is 16.9. The van der Waals surface area contributed by atoms with E-state index in [1.54, 1.807) is 0 Å². The molecular formula is C48H93N5O4. The summed E-state index contributed by atoms with van der Waals surface area (Å²) >= 11 is 0. The lowest BCUT2D eigenvalue weighted by atomic mass is 10.0. The molecule has 0 fully saturated rings. The molecule has 0 amide bonds. The summed E-state index contributed by atoms with van der Waals surface area (Å²) in [5.41, 5.74) is 0.962. The van der Waals surface area contributed by atoms with Gasteiger partial charge in [-0.2, -0.15) is 0 Å². The highest BCUT2D eigenvalue weighted by Crippen LogP contribution is 2.19. The maximum atomic E-state index is 12.8. The zero-order valence-corrected chi connectivity index (χ0v) is 38.2. The van der Waals surface area contributed by atoms with Crippen LogP contribution in [-0.2, 0) is 32.2 Å². The number of ether oxygens (including phenoxy) is 2. The van der Waals surface area contributed by atoms with Gasteiger partial charge in [0.05, 0.1) is 18.8 Å². The molecule has 1 heterocycles. The number of rotatable bonds is 44. The minimum atomic E-state index is -0.0376. The van der Waals surface area contributed by atoms with Crippen LogP contribution >= 0.6 is 0 Å². The normalized spacial score (nSPS) is 11.6. The van der Waals surface area contributed by atoms with Crippen LogP contribution in [0.1, 0.15) is 238 Å². The van der Waals surface area contributed by atoms with E-state index in [1.807, 2.05) is 17.9 Å². The quantitative estimate of drug-likeness (QED) is 0.0514. The van der Waals surface area contributed by atoms with E-state index in [4.69, 9.17) is 9.47 Å². The number of nitrogens with zero attached hydrogens (tertiary/aromatic N) is 4. The molecular weight excluding hydrogens is 711 g/mol. The summed E-state index contributed by atoms with van der Waals surface area (Å²) in [6, 6.07) is 0. The van der Waals surface area contributed by atoms with Crippen molar-refractivity contribution in [3.8, 4) is 0 Å². The van der Waals surface area contributed by atoms with Crippen molar-refractivity contribution in [2.45, 2.75) is 252 Å². The summed E-state index contributed by atoms with van der Waals surface area (Å²) < 4.78 is 13.5. The minimum Gasteiger partial charge on any atom is -0.466 e. The molecule has 0 bridgehead atoms. The number of unbranched alkanes of at least 4 members (excludes halogenated alkanes) is 24. The first-order valence-corrected chi connectivity index (χ1v) is 24.6. The first-order valence-electron chi connectivity index (χ1n) is 24.6. The molecule has 0 aromatic carbocycles. The summed E-state index contributed by atoms with van der Waals surface area (Å²) in [7, 11) is 1.93. The molecule has 1 rings (SSSR count). The van der Waals surface area contributed by atoms with E-state index in [0.29, 0.717) is 19.4 Å². The van der Waals surface area contributed by atoms with Crippen molar-refractivity contribution in [3.63, 3.8) is 0 Å². The van der Waals surface area contributed by atoms with Crippen molar-refractivity contribution < 1.29 is 19.1 Å². The molecule has 9 heteroatoms. The zero-order chi connectivity index (χ0) is 41.3. The molecule has 0 spiro atoms. The van der Waals surface area contributed by atoms with E-state index in [-0.39, 0.29) is 18.0 Å². The number of aromatic nitrogens is 3. The van der Waals surface area contributed by atoms with Gasteiger partial charge in [-0.1, -0.05) is 167 Å². The predicted octanol–water partition coefficient (Wildman–Crippen LogP) is 12.7. The molecule has 0 atom stereocenters. The van der Waals surface area contributed by atoms with Crippen LogP contribution in [0.3, 0.4) is 0 Å². The van der Waals surface area contributed by atoms with Crippen molar-refractivity contribution in [1.82, 2.24) is 25.2 Å². The first kappa shape index (κ1) is 53.0. The first-order chi connectivity index (χ1) is 28.0. The Morgan fingerprint density at radius 1 is 0.596 bits per heavy atom. The molecule has 57 heavy (non-hydrogen) atoms. The van der Waals surface area contributed by atoms with Gasteiger partial charge in [0.1, 0.15) is 6.10 Å². The second-order valence-corrected chi connectivity index (χ2v) is 16.9. The highest BCUT2D eigenvalue weighted by atomic mass is 16.5. The van der Waals surface area contributed by atoms with Crippen LogP contribution in [0.5, 0.6) is 0 Å². The van der Waals surface area contributed by atoms with Gasteiger partial charge in [0.25, 0.3) is 0 Å². The molecule has 0 aliphatic heterocycles. The summed E-state index contributed by atoms with van der Waals surface area (Å²) in [6.45, 7) is 11.9. The van der Waals surface area contributed by atoms with Crippen LogP contribution in [0.4, 0.5) is 0 Å². The fourth-order valence-electron chi connectivity index (χ4n) is 7.69. The van der Waals surface area contributed by atoms with Crippen molar-refractivity contribution in [2.75, 3.05) is 33.3 Å². The van der Waals surface area contributed by atoms with Gasteiger partial charge in [-0.05, 0) is 77.9 Å². The highest BCUT2D eigenvalue weighted by molar-refractivity contribution is 5.69. The lowest BCUT2D eigenvalue weighted by Crippen LogP contribution is -2.30. The molecule has 0 radical (unpaired) electrons. The van der Waals surface area contributed by atoms with E-state index in [9.17, 15) is 9.59 Å². The number of nitrogens with one attached hydrogen (secondary N) is 1. The van der Waals surface area contributed by atoms with Gasteiger partial charge in [0.2, 0.25) is 0 Å². The Kier molecular flexibility index (Phi) is 37.9. The molecule has 1 N–H and O–H groups in total. The van der Waals surface area contributed by atoms with Gasteiger partial charge in [0.15, 0.2) is 0 Å². The van der Waals surface area contributed by atoms with Crippen LogP contribution in [0.25, 0.3) is 0 Å². The average Bonchev–Trinajstić information content (AvgIpc) is 3.66. The monoisotopic (exact) mass is 804 g/mol. The van der Waals surface area contributed by atoms with E-state index < -0.39 is 0 Å². The Morgan fingerprint density at radius 2 is 1.05 bits per heavy atom. The lowest BCUT2D eigenvalue weighted by Gasteiger charge is -2.22. The second kappa shape index (κ2) is 40.8. The Labute approximate surface area is 352 Å². The molecule has 9 nitrogen and oxygen atoms in total. The summed E-state index contributed by atoms with van der Waals surface area (Å²) in [4.78, 5) is 27.7. The Morgan fingerprint density at radius 3 is 1.60 bits per heavy atom. The Hall–Kier alpha value is -2.00. The molecule has 0 saturated heterocycles. The van der Waals surface area contributed by atoms with E-state index in [2.05, 4.69) is 41.3 Å². The van der Waals surface area contributed by atoms with Crippen LogP contribution in [0.15, 0.2) is 6.20 Å². The predicted molar refractivity (Wildman–Crippen MR) is 239 cm³/mol. The molecule has 0 aliphatic carbocycles. The minimum absolute atomic E-state index is 0.0150. The van der Waals surface area contributed by atoms with Crippen LogP contribution in [0, 0.1) is 0 Å². The summed E-state index contributed by atoms with van der Waals surface area (Å²) in [5.74, 6) is -0.0226. The molecule has 334 valence electrons. The Bertz CT molecular complexity index is 1000. The molecule has 1 aromatic heterocycles. The smallest absolute Gasteiger partial charge is 0.306 e. The van der Waals surface area contributed by atoms with Crippen molar-refractivity contribution in [3.05, 3.63) is 11.9 Å². The van der Waals surface area contributed by atoms with Crippen LogP contribution < -0.4 is 5.32 Å². The number of hydrogen-bond acceptors (Lipinski definition) is 8. The standard InChI is InChI=1S/C48H93N5O4/c1-5-8-11-14-17-18-19-25-33-42-56-47(54)36-30-26-32-39-52(40-41-53-44-45(43-49-4)50-51-53)38-31-24-20-23-29-37-48(55)57-46(34-27-21-15-12-9-6-2)35-28-22-16-13-10-7-3/h44,46,49H,5-43H2,1-4H3. The molecule has 0 aliphatic rings. The van der Waals surface area contributed by atoms with E-state index in [0.717, 1.165) is 109 Å². The molecule has 0 saturated carbocycles. The van der Waals surface area contributed by atoms with Gasteiger partial charge in [-0.3, -0.25) is 14.3 Å². The average molecular weight is 804 g/mol. The highest BCUT2D eigenvalue weighted by Gasteiger charge is 2.15. The summed E-state index contributed by atoms with van der Waals surface area (Å²) in [5, 5.41) is 11.7. The largest absolute Gasteiger partial charge is 0.466 e. The van der Waals surface area contributed by atoms with Gasteiger partial charge in [0, 0.05) is 32.1 Å². The van der Waals surface area contributed by atoms with Gasteiger partial charge < -0.3 is 19.7 Å². The maximum Gasteiger partial charge on any atom is 0.306 e. The topological polar surface area (TPSA) is 98.6 Å². The zero-order valence-electron chi connectivity index (χ0n) is 38.2. The number of hydrogen-bond donors (Lipinski definition) is 1. The lowest BCUT2D eigenvalue weighted by molar-refractivity contribution is -0.150. The van der Waals surface area contributed by atoms with Gasteiger partial charge in [-0.15, -0.1) is 5.10 Å². The van der Waals surface area contributed by atoms with E-state index in [1.165, 1.54) is 128 Å². The summed E-state index contributed by atoms with van der Waals surface area (Å²) in [6.07, 6.45) is 40.6. The number of esters is 2. The fourth-order valence-corrected chi connectivity index (χ4v) is 7.69. The third kappa shape index (κ3) is 34.6. The van der Waals surface area contributed by atoms with E-state index >= 15 is 0 Å². The number of carbonyl (C=O) groups excluding carboxylic acids is 2. The van der Waals surface area contributed by atoms with Gasteiger partial charge in [-0.25, -0.2) is 0 Å². The third-order valence-corrected chi connectivity index (χ3v) is 11.4. The number of carbonyl (C=O) groups is 2. The fraction of sp³-hybridized carbons (Fsp3) is 0.917.